The van der Waals surface area contributed by atoms with E-state index in [9.17, 15) is 20.0 Å². The monoisotopic (exact) mass is 341 g/mol. The van der Waals surface area contributed by atoms with Gasteiger partial charge >= 0.3 is 11.7 Å². The average molecular weight is 341 g/mol. The highest BCUT2D eigenvalue weighted by molar-refractivity contribution is 5.84. The van der Waals surface area contributed by atoms with Gasteiger partial charge in [-0.15, -0.1) is 0 Å². The summed E-state index contributed by atoms with van der Waals surface area (Å²) in [5.74, 6) is -1.17. The molecular weight excluding hydrogens is 326 g/mol. The van der Waals surface area contributed by atoms with Crippen molar-refractivity contribution in [3.63, 3.8) is 0 Å². The van der Waals surface area contributed by atoms with Crippen LogP contribution in [-0.4, -0.2) is 23.1 Å². The zero-order valence-electron chi connectivity index (χ0n) is 13.5. The standard InChI is InChI=1S/C17H15N3O5/c1-17(16(21)22,19-13-6-3-11(10-18)4-7-13)12-5-8-15(25-2)14(9-12)20(23)24/h3-9,19H,1-2H3,(H,21,22). The van der Waals surface area contributed by atoms with Crippen molar-refractivity contribution in [2.45, 2.75) is 12.5 Å². The van der Waals surface area contributed by atoms with Crippen LogP contribution >= 0.6 is 0 Å². The van der Waals surface area contributed by atoms with Crippen LogP contribution in [0.1, 0.15) is 18.1 Å². The van der Waals surface area contributed by atoms with Crippen LogP contribution in [0.5, 0.6) is 5.75 Å². The first-order valence-electron chi connectivity index (χ1n) is 7.16. The maximum absolute atomic E-state index is 11.9. The van der Waals surface area contributed by atoms with Crippen molar-refractivity contribution in [1.82, 2.24) is 0 Å². The van der Waals surface area contributed by atoms with Crippen molar-refractivity contribution in [2.75, 3.05) is 12.4 Å². The van der Waals surface area contributed by atoms with Crippen LogP contribution in [0, 0.1) is 21.4 Å². The Balaban J connectivity index is 2.48. The molecule has 0 heterocycles. The van der Waals surface area contributed by atoms with Crippen LogP contribution in [0.2, 0.25) is 0 Å². The Morgan fingerprint density at radius 3 is 2.44 bits per heavy atom. The molecule has 0 amide bonds. The summed E-state index contributed by atoms with van der Waals surface area (Å²) in [5, 5.41) is 32.5. The third kappa shape index (κ3) is 3.50. The van der Waals surface area contributed by atoms with Crippen LogP contribution in [0.25, 0.3) is 0 Å². The second-order valence-electron chi connectivity index (χ2n) is 5.39. The number of carboxylic acid groups (broad SMARTS) is 1. The van der Waals surface area contributed by atoms with E-state index in [1.165, 1.54) is 32.2 Å². The first-order chi connectivity index (χ1) is 11.8. The molecule has 0 aliphatic carbocycles. The van der Waals surface area contributed by atoms with E-state index in [2.05, 4.69) is 5.32 Å². The van der Waals surface area contributed by atoms with Crippen molar-refractivity contribution in [3.8, 4) is 11.8 Å². The molecule has 2 aromatic rings. The minimum absolute atomic E-state index is 0.0415. The van der Waals surface area contributed by atoms with Gasteiger partial charge in [0.25, 0.3) is 0 Å². The Labute approximate surface area is 143 Å². The van der Waals surface area contributed by atoms with Crippen molar-refractivity contribution >= 4 is 17.3 Å². The van der Waals surface area contributed by atoms with E-state index >= 15 is 0 Å². The normalized spacial score (nSPS) is 12.5. The summed E-state index contributed by atoms with van der Waals surface area (Å²) >= 11 is 0. The van der Waals surface area contributed by atoms with Gasteiger partial charge in [0.05, 0.1) is 23.7 Å². The highest BCUT2D eigenvalue weighted by atomic mass is 16.6. The maximum atomic E-state index is 11.9. The molecule has 0 saturated carbocycles. The van der Waals surface area contributed by atoms with E-state index in [0.29, 0.717) is 11.3 Å². The van der Waals surface area contributed by atoms with E-state index < -0.39 is 16.4 Å². The molecule has 0 radical (unpaired) electrons. The van der Waals surface area contributed by atoms with Gasteiger partial charge in [0.2, 0.25) is 0 Å². The summed E-state index contributed by atoms with van der Waals surface area (Å²) in [7, 11) is 1.30. The number of methoxy groups -OCH3 is 1. The van der Waals surface area contributed by atoms with Gasteiger partial charge in [-0.2, -0.15) is 5.26 Å². The van der Waals surface area contributed by atoms with Crippen LogP contribution in [0.15, 0.2) is 42.5 Å². The molecule has 0 aliphatic heterocycles. The molecule has 1 atom stereocenters. The Kier molecular flexibility index (Phi) is 4.89. The lowest BCUT2D eigenvalue weighted by atomic mass is 9.91. The number of nitriles is 1. The zero-order chi connectivity index (χ0) is 18.6. The number of anilines is 1. The van der Waals surface area contributed by atoms with Crippen LogP contribution < -0.4 is 10.1 Å². The number of nitro groups is 1. The predicted molar refractivity (Wildman–Crippen MR) is 89.4 cm³/mol. The lowest BCUT2D eigenvalue weighted by Crippen LogP contribution is -2.40. The molecule has 2 N–H and O–H groups in total. The highest BCUT2D eigenvalue weighted by Gasteiger charge is 2.37. The molecule has 128 valence electrons. The Morgan fingerprint density at radius 1 is 1.32 bits per heavy atom. The fraction of sp³-hybridized carbons (Fsp3) is 0.176. The number of carbonyl (C=O) groups is 1. The van der Waals surface area contributed by atoms with Gasteiger partial charge in [-0.25, -0.2) is 4.79 Å². The number of hydrogen-bond donors (Lipinski definition) is 2. The van der Waals surface area contributed by atoms with Gasteiger partial charge in [-0.05, 0) is 42.8 Å². The van der Waals surface area contributed by atoms with Crippen molar-refractivity contribution in [2.24, 2.45) is 0 Å². The molecule has 2 rings (SSSR count). The summed E-state index contributed by atoms with van der Waals surface area (Å²) in [6.07, 6.45) is 0. The van der Waals surface area contributed by atoms with Crippen molar-refractivity contribution < 1.29 is 19.6 Å². The predicted octanol–water partition coefficient (Wildman–Crippen LogP) is 2.89. The third-order valence-electron chi connectivity index (χ3n) is 3.79. The van der Waals surface area contributed by atoms with E-state index in [4.69, 9.17) is 10.00 Å². The van der Waals surface area contributed by atoms with Gasteiger partial charge in [0.1, 0.15) is 0 Å². The molecule has 0 aliphatic rings. The molecule has 0 spiro atoms. The van der Waals surface area contributed by atoms with Crippen molar-refractivity contribution in [3.05, 3.63) is 63.7 Å². The largest absolute Gasteiger partial charge is 0.490 e. The Hall–Kier alpha value is -3.60. The summed E-state index contributed by atoms with van der Waals surface area (Å²) in [6, 6.07) is 12.2. The summed E-state index contributed by atoms with van der Waals surface area (Å²) in [4.78, 5) is 22.4. The smallest absolute Gasteiger partial charge is 0.333 e. The quantitative estimate of drug-likeness (QED) is 0.611. The molecule has 25 heavy (non-hydrogen) atoms. The topological polar surface area (TPSA) is 125 Å². The number of hydrogen-bond acceptors (Lipinski definition) is 6. The lowest BCUT2D eigenvalue weighted by molar-refractivity contribution is -0.385. The van der Waals surface area contributed by atoms with Gasteiger partial charge in [-0.3, -0.25) is 10.1 Å². The number of benzene rings is 2. The van der Waals surface area contributed by atoms with Gasteiger partial charge < -0.3 is 15.2 Å². The number of nitrogens with one attached hydrogen (secondary N) is 1. The molecule has 8 heteroatoms. The van der Waals surface area contributed by atoms with E-state index in [1.807, 2.05) is 6.07 Å². The minimum Gasteiger partial charge on any atom is -0.490 e. The summed E-state index contributed by atoms with van der Waals surface area (Å²) in [6.45, 7) is 1.40. The summed E-state index contributed by atoms with van der Waals surface area (Å²) < 4.78 is 4.94. The first-order valence-corrected chi connectivity index (χ1v) is 7.16. The fourth-order valence-electron chi connectivity index (χ4n) is 2.31. The van der Waals surface area contributed by atoms with Crippen LogP contribution in [-0.2, 0) is 10.3 Å². The SMILES string of the molecule is COc1ccc(C(C)(Nc2ccc(C#N)cc2)C(=O)O)cc1[N+](=O)[O-]. The Bertz CT molecular complexity index is 858. The second-order valence-corrected chi connectivity index (χ2v) is 5.39. The molecule has 8 nitrogen and oxygen atoms in total. The highest BCUT2D eigenvalue weighted by Crippen LogP contribution is 2.34. The maximum Gasteiger partial charge on any atom is 0.333 e. The van der Waals surface area contributed by atoms with E-state index in [1.54, 1.807) is 24.3 Å². The van der Waals surface area contributed by atoms with Crippen LogP contribution in [0.3, 0.4) is 0 Å². The minimum atomic E-state index is -1.62. The molecule has 2 aromatic carbocycles. The van der Waals surface area contributed by atoms with Gasteiger partial charge in [-0.1, -0.05) is 6.07 Å². The molecule has 0 fully saturated rings. The molecule has 0 saturated heterocycles. The van der Waals surface area contributed by atoms with Crippen LogP contribution in [0.4, 0.5) is 11.4 Å². The second kappa shape index (κ2) is 6.88. The number of carboxylic acids is 1. The van der Waals surface area contributed by atoms with E-state index in [-0.39, 0.29) is 17.0 Å². The Morgan fingerprint density at radius 2 is 1.96 bits per heavy atom. The average Bonchev–Trinajstić information content (AvgIpc) is 2.61. The molecule has 0 bridgehead atoms. The molecule has 0 aromatic heterocycles. The van der Waals surface area contributed by atoms with E-state index in [0.717, 1.165) is 0 Å². The molecular formula is C17H15N3O5. The number of ether oxygens (including phenoxy) is 1. The van der Waals surface area contributed by atoms with Crippen molar-refractivity contribution in [1.29, 1.82) is 5.26 Å². The molecule has 1 unspecified atom stereocenters. The van der Waals surface area contributed by atoms with Gasteiger partial charge in [0, 0.05) is 11.8 Å². The number of nitrogens with zero attached hydrogens (tertiary/aromatic N) is 2. The lowest BCUT2D eigenvalue weighted by Gasteiger charge is -2.28. The fourth-order valence-corrected chi connectivity index (χ4v) is 2.31. The number of nitro benzene ring substituents is 1. The van der Waals surface area contributed by atoms with Gasteiger partial charge in [0.15, 0.2) is 11.3 Å². The number of aliphatic carboxylic acids is 1. The summed E-state index contributed by atoms with van der Waals surface area (Å²) in [5.41, 5.74) is -0.860. The first kappa shape index (κ1) is 17.7. The third-order valence-corrected chi connectivity index (χ3v) is 3.79. The zero-order valence-corrected chi connectivity index (χ0v) is 13.5. The number of rotatable bonds is 6.